The van der Waals surface area contributed by atoms with E-state index in [1.807, 2.05) is 36.5 Å². The molecule has 0 atom stereocenters. The largest absolute Gasteiger partial charge is 0.497 e. The Hall–Kier alpha value is -2.88. The van der Waals surface area contributed by atoms with Gasteiger partial charge in [-0.15, -0.1) is 0 Å². The van der Waals surface area contributed by atoms with Crippen LogP contribution in [0.1, 0.15) is 24.0 Å². The lowest BCUT2D eigenvalue weighted by Gasteiger charge is -2.15. The summed E-state index contributed by atoms with van der Waals surface area (Å²) >= 11 is 0. The average molecular weight is 334 g/mol. The molecule has 0 N–H and O–H groups in total. The van der Waals surface area contributed by atoms with Crippen molar-refractivity contribution in [3.63, 3.8) is 0 Å². The summed E-state index contributed by atoms with van der Waals surface area (Å²) in [6.45, 7) is 0.873. The van der Waals surface area contributed by atoms with Crippen molar-refractivity contribution in [1.82, 2.24) is 4.98 Å². The summed E-state index contributed by atoms with van der Waals surface area (Å²) in [5, 5.41) is 0. The molecule has 4 heteroatoms. The third kappa shape index (κ3) is 4.15. The van der Waals surface area contributed by atoms with E-state index in [9.17, 15) is 0 Å². The van der Waals surface area contributed by atoms with Crippen LogP contribution in [0, 0.1) is 0 Å². The monoisotopic (exact) mass is 334 g/mol. The number of nitrogens with zero attached hydrogens (tertiary/aromatic N) is 2. The van der Waals surface area contributed by atoms with Gasteiger partial charge in [-0.05, 0) is 42.7 Å². The van der Waals surface area contributed by atoms with Gasteiger partial charge in [0.05, 0.1) is 19.9 Å². The molecule has 0 bridgehead atoms. The molecule has 0 radical (unpaired) electrons. The van der Waals surface area contributed by atoms with Crippen LogP contribution in [0.25, 0.3) is 6.08 Å². The Balaban J connectivity index is 1.84. The smallest absolute Gasteiger partial charge is 0.129 e. The van der Waals surface area contributed by atoms with E-state index in [4.69, 9.17) is 14.5 Å². The van der Waals surface area contributed by atoms with Crippen LogP contribution in [0.3, 0.4) is 0 Å². The van der Waals surface area contributed by atoms with Gasteiger partial charge in [0.1, 0.15) is 11.5 Å². The Kier molecular flexibility index (Phi) is 5.62. The third-order valence-corrected chi connectivity index (χ3v) is 4.13. The van der Waals surface area contributed by atoms with Gasteiger partial charge in [-0.1, -0.05) is 18.2 Å². The van der Waals surface area contributed by atoms with E-state index in [0.29, 0.717) is 0 Å². The number of hydrogen-bond acceptors (Lipinski definition) is 4. The molecule has 0 aliphatic carbocycles. The Bertz CT molecular complexity index is 808. The van der Waals surface area contributed by atoms with Gasteiger partial charge in [0, 0.05) is 36.1 Å². The molecule has 3 rings (SSSR count). The van der Waals surface area contributed by atoms with Gasteiger partial charge >= 0.3 is 0 Å². The Morgan fingerprint density at radius 1 is 1.12 bits per heavy atom. The molecule has 2 aromatic rings. The first kappa shape index (κ1) is 17.0. The average Bonchev–Trinajstić information content (AvgIpc) is 2.69. The molecule has 1 aromatic carbocycles. The lowest BCUT2D eigenvalue weighted by molar-refractivity contribution is 0.394. The van der Waals surface area contributed by atoms with Crippen molar-refractivity contribution in [2.75, 3.05) is 20.8 Å². The van der Waals surface area contributed by atoms with Crippen molar-refractivity contribution in [3.05, 3.63) is 71.6 Å². The zero-order valence-corrected chi connectivity index (χ0v) is 14.6. The fourth-order valence-corrected chi connectivity index (χ4v) is 2.85. The van der Waals surface area contributed by atoms with Crippen LogP contribution < -0.4 is 9.47 Å². The summed E-state index contributed by atoms with van der Waals surface area (Å²) in [5.41, 5.74) is 4.37. The molecule has 0 saturated carbocycles. The first-order chi connectivity index (χ1) is 12.3. The van der Waals surface area contributed by atoms with Gasteiger partial charge < -0.3 is 9.47 Å². The SMILES string of the molecule is COc1ccc(/C=C/C=C2\CCCN=C2c2cccnc2)c(OC)c1. The fraction of sp³-hybridized carbons (Fsp3) is 0.238. The summed E-state index contributed by atoms with van der Waals surface area (Å²) in [5.74, 6) is 1.57. The van der Waals surface area contributed by atoms with Crippen LogP contribution in [0.2, 0.25) is 0 Å². The summed E-state index contributed by atoms with van der Waals surface area (Å²) < 4.78 is 10.7. The fourth-order valence-electron chi connectivity index (χ4n) is 2.85. The number of aliphatic imine (C=N–C) groups is 1. The molecule has 0 saturated heterocycles. The minimum absolute atomic E-state index is 0.783. The second-order valence-corrected chi connectivity index (χ2v) is 5.73. The number of benzene rings is 1. The molecule has 25 heavy (non-hydrogen) atoms. The van der Waals surface area contributed by atoms with Crippen LogP contribution in [0.15, 0.2) is 65.4 Å². The molecule has 1 aromatic heterocycles. The standard InChI is InChI=1S/C21H22N2O2/c1-24-19-11-10-16(20(14-19)25-2)6-3-7-17-8-5-13-23-21(17)18-9-4-12-22-15-18/h3-4,6-7,9-12,14-15H,5,8,13H2,1-2H3/b6-3+,17-7+. The van der Waals surface area contributed by atoms with Gasteiger partial charge in [-0.3, -0.25) is 9.98 Å². The van der Waals surface area contributed by atoms with Crippen LogP contribution >= 0.6 is 0 Å². The molecule has 0 spiro atoms. The first-order valence-electron chi connectivity index (χ1n) is 8.36. The van der Waals surface area contributed by atoms with Crippen LogP contribution in [0.5, 0.6) is 11.5 Å². The van der Waals surface area contributed by atoms with Crippen molar-refractivity contribution in [1.29, 1.82) is 0 Å². The van der Waals surface area contributed by atoms with E-state index in [0.717, 1.165) is 47.7 Å². The molecule has 128 valence electrons. The maximum Gasteiger partial charge on any atom is 0.129 e. The summed E-state index contributed by atoms with van der Waals surface area (Å²) in [6.07, 6.45) is 12.0. The number of ether oxygens (including phenoxy) is 2. The Morgan fingerprint density at radius 2 is 2.04 bits per heavy atom. The number of allylic oxidation sites excluding steroid dienone is 3. The molecular weight excluding hydrogens is 312 g/mol. The van der Waals surface area contributed by atoms with Gasteiger partial charge in [0.2, 0.25) is 0 Å². The highest BCUT2D eigenvalue weighted by Gasteiger charge is 2.13. The van der Waals surface area contributed by atoms with Crippen LogP contribution in [0.4, 0.5) is 0 Å². The van der Waals surface area contributed by atoms with Crippen molar-refractivity contribution >= 4 is 11.8 Å². The topological polar surface area (TPSA) is 43.7 Å². The lowest BCUT2D eigenvalue weighted by atomic mass is 9.96. The maximum atomic E-state index is 5.44. The highest BCUT2D eigenvalue weighted by molar-refractivity contribution is 6.13. The van der Waals surface area contributed by atoms with Crippen molar-refractivity contribution < 1.29 is 9.47 Å². The molecular formula is C21H22N2O2. The Labute approximate surface area is 148 Å². The molecule has 1 aliphatic heterocycles. The second kappa shape index (κ2) is 8.29. The van der Waals surface area contributed by atoms with E-state index >= 15 is 0 Å². The van der Waals surface area contributed by atoms with Crippen LogP contribution in [-0.2, 0) is 0 Å². The van der Waals surface area contributed by atoms with E-state index in [-0.39, 0.29) is 0 Å². The zero-order chi connectivity index (χ0) is 17.5. The second-order valence-electron chi connectivity index (χ2n) is 5.73. The maximum absolute atomic E-state index is 5.44. The van der Waals surface area contributed by atoms with Gasteiger partial charge in [-0.25, -0.2) is 0 Å². The highest BCUT2D eigenvalue weighted by Crippen LogP contribution is 2.26. The van der Waals surface area contributed by atoms with Crippen molar-refractivity contribution in [2.45, 2.75) is 12.8 Å². The van der Waals surface area contributed by atoms with Crippen molar-refractivity contribution in [3.8, 4) is 11.5 Å². The minimum Gasteiger partial charge on any atom is -0.497 e. The minimum atomic E-state index is 0.783. The summed E-state index contributed by atoms with van der Waals surface area (Å²) in [7, 11) is 3.32. The molecule has 0 amide bonds. The van der Waals surface area contributed by atoms with Crippen LogP contribution in [-0.4, -0.2) is 31.5 Å². The molecule has 2 heterocycles. The normalized spacial score (nSPS) is 16.1. The number of pyridine rings is 1. The number of aromatic nitrogens is 1. The molecule has 1 aliphatic rings. The quantitative estimate of drug-likeness (QED) is 0.818. The third-order valence-electron chi connectivity index (χ3n) is 4.13. The van der Waals surface area contributed by atoms with Gasteiger partial charge in [0.15, 0.2) is 0 Å². The van der Waals surface area contributed by atoms with E-state index in [1.54, 1.807) is 20.4 Å². The summed E-state index contributed by atoms with van der Waals surface area (Å²) in [4.78, 5) is 8.90. The van der Waals surface area contributed by atoms with E-state index < -0.39 is 0 Å². The Morgan fingerprint density at radius 3 is 2.80 bits per heavy atom. The molecule has 0 fully saturated rings. The lowest BCUT2D eigenvalue weighted by Crippen LogP contribution is -2.11. The first-order valence-corrected chi connectivity index (χ1v) is 8.36. The number of hydrogen-bond donors (Lipinski definition) is 0. The number of rotatable bonds is 5. The van der Waals surface area contributed by atoms with E-state index in [1.165, 1.54) is 5.57 Å². The van der Waals surface area contributed by atoms with Gasteiger partial charge in [0.25, 0.3) is 0 Å². The summed E-state index contributed by atoms with van der Waals surface area (Å²) in [6, 6.07) is 9.81. The molecule has 0 unspecified atom stereocenters. The highest BCUT2D eigenvalue weighted by atomic mass is 16.5. The predicted molar refractivity (Wildman–Crippen MR) is 102 cm³/mol. The van der Waals surface area contributed by atoms with E-state index in [2.05, 4.69) is 23.2 Å². The number of methoxy groups -OCH3 is 2. The predicted octanol–water partition coefficient (Wildman–Crippen LogP) is 4.32. The van der Waals surface area contributed by atoms with Gasteiger partial charge in [-0.2, -0.15) is 0 Å². The molecule has 4 nitrogen and oxygen atoms in total. The van der Waals surface area contributed by atoms with Crippen molar-refractivity contribution in [2.24, 2.45) is 4.99 Å². The zero-order valence-electron chi connectivity index (χ0n) is 14.6.